The molecule has 0 aromatic carbocycles. The Morgan fingerprint density at radius 3 is 2.00 bits per heavy atom. The molecule has 0 aromatic rings. The second kappa shape index (κ2) is 5.29. The lowest BCUT2D eigenvalue weighted by Gasteiger charge is -2.13. The minimum atomic E-state index is -0.122. The number of unbranched alkanes of at least 4 members (excludes halogenated alkanes) is 3. The van der Waals surface area contributed by atoms with Gasteiger partial charge < -0.3 is 0 Å². The molecule has 1 aliphatic rings. The van der Waals surface area contributed by atoms with Gasteiger partial charge >= 0.3 is 0 Å². The molecule has 1 saturated heterocycles. The van der Waals surface area contributed by atoms with Crippen molar-refractivity contribution in [3.63, 3.8) is 0 Å². The Hall–Kier alpha value is -0.860. The van der Waals surface area contributed by atoms with E-state index in [2.05, 4.69) is 6.92 Å². The highest BCUT2D eigenvalue weighted by Crippen LogP contribution is 2.25. The third-order valence-corrected chi connectivity index (χ3v) is 3.30. The van der Waals surface area contributed by atoms with Crippen molar-refractivity contribution >= 4 is 11.8 Å². The van der Waals surface area contributed by atoms with E-state index >= 15 is 0 Å². The van der Waals surface area contributed by atoms with Crippen LogP contribution in [0.15, 0.2) is 0 Å². The largest absolute Gasteiger partial charge is 0.282 e. The van der Waals surface area contributed by atoms with E-state index in [1.807, 2.05) is 13.8 Å². The van der Waals surface area contributed by atoms with Crippen LogP contribution < -0.4 is 0 Å². The lowest BCUT2D eigenvalue weighted by atomic mass is 10.00. The molecule has 0 bridgehead atoms. The summed E-state index contributed by atoms with van der Waals surface area (Å²) in [4.78, 5) is 24.8. The zero-order valence-corrected chi connectivity index (χ0v) is 9.95. The topological polar surface area (TPSA) is 37.4 Å². The summed E-state index contributed by atoms with van der Waals surface area (Å²) in [5.74, 6) is -0.208. The Bertz CT molecular complexity index is 230. The SMILES string of the molecule is CCCCCCN1C(=O)C(C)C(C)C1=O. The van der Waals surface area contributed by atoms with Crippen LogP contribution in [0.3, 0.4) is 0 Å². The minimum absolute atomic E-state index is 0.0176. The van der Waals surface area contributed by atoms with Gasteiger partial charge in [-0.25, -0.2) is 0 Å². The van der Waals surface area contributed by atoms with E-state index in [1.165, 1.54) is 17.7 Å². The molecular formula is C12H21NO2. The molecule has 3 heteroatoms. The summed E-state index contributed by atoms with van der Waals surface area (Å²) >= 11 is 0. The average Bonchev–Trinajstić information content (AvgIpc) is 2.41. The molecule has 2 atom stereocenters. The van der Waals surface area contributed by atoms with Crippen molar-refractivity contribution in [1.82, 2.24) is 4.90 Å². The summed E-state index contributed by atoms with van der Waals surface area (Å²) in [6.45, 7) is 6.45. The lowest BCUT2D eigenvalue weighted by Crippen LogP contribution is -2.31. The van der Waals surface area contributed by atoms with Gasteiger partial charge in [-0.3, -0.25) is 14.5 Å². The summed E-state index contributed by atoms with van der Waals surface area (Å²) < 4.78 is 0. The first kappa shape index (κ1) is 12.2. The van der Waals surface area contributed by atoms with Gasteiger partial charge in [-0.15, -0.1) is 0 Å². The molecule has 1 heterocycles. The van der Waals surface area contributed by atoms with E-state index in [9.17, 15) is 9.59 Å². The van der Waals surface area contributed by atoms with Gasteiger partial charge in [0.1, 0.15) is 0 Å². The first-order chi connectivity index (χ1) is 7.09. The number of nitrogens with zero attached hydrogens (tertiary/aromatic N) is 1. The summed E-state index contributed by atoms with van der Waals surface area (Å²) in [7, 11) is 0. The van der Waals surface area contributed by atoms with Gasteiger partial charge in [-0.2, -0.15) is 0 Å². The van der Waals surface area contributed by atoms with Crippen LogP contribution in [0.2, 0.25) is 0 Å². The van der Waals surface area contributed by atoms with Crippen molar-refractivity contribution in [2.45, 2.75) is 46.5 Å². The molecule has 2 unspecified atom stereocenters. The smallest absolute Gasteiger partial charge is 0.232 e. The number of carbonyl (C=O) groups excluding carboxylic acids is 2. The van der Waals surface area contributed by atoms with Crippen molar-refractivity contribution in [1.29, 1.82) is 0 Å². The zero-order chi connectivity index (χ0) is 11.4. The minimum Gasteiger partial charge on any atom is -0.282 e. The average molecular weight is 211 g/mol. The number of hydrogen-bond acceptors (Lipinski definition) is 2. The van der Waals surface area contributed by atoms with Crippen molar-refractivity contribution in [2.24, 2.45) is 11.8 Å². The van der Waals surface area contributed by atoms with Crippen LogP contribution in [0.1, 0.15) is 46.5 Å². The van der Waals surface area contributed by atoms with Gasteiger partial charge in [-0.05, 0) is 6.42 Å². The van der Waals surface area contributed by atoms with E-state index in [4.69, 9.17) is 0 Å². The summed E-state index contributed by atoms with van der Waals surface area (Å²) in [5.41, 5.74) is 0. The zero-order valence-electron chi connectivity index (χ0n) is 9.95. The van der Waals surface area contributed by atoms with E-state index in [-0.39, 0.29) is 23.7 Å². The quantitative estimate of drug-likeness (QED) is 0.516. The van der Waals surface area contributed by atoms with Gasteiger partial charge in [0.15, 0.2) is 0 Å². The number of carbonyl (C=O) groups is 2. The van der Waals surface area contributed by atoms with Gasteiger partial charge in [0.25, 0.3) is 0 Å². The molecule has 1 fully saturated rings. The molecule has 0 aromatic heterocycles. The van der Waals surface area contributed by atoms with Gasteiger partial charge in [-0.1, -0.05) is 40.0 Å². The van der Waals surface area contributed by atoms with Crippen LogP contribution in [-0.4, -0.2) is 23.3 Å². The third kappa shape index (κ3) is 2.58. The fourth-order valence-corrected chi connectivity index (χ4v) is 1.95. The van der Waals surface area contributed by atoms with E-state index < -0.39 is 0 Å². The van der Waals surface area contributed by atoms with E-state index in [0.717, 1.165) is 12.8 Å². The van der Waals surface area contributed by atoms with Gasteiger partial charge in [0.2, 0.25) is 11.8 Å². The molecule has 1 rings (SSSR count). The molecule has 15 heavy (non-hydrogen) atoms. The molecule has 3 nitrogen and oxygen atoms in total. The Kier molecular flexibility index (Phi) is 4.30. The molecule has 0 saturated carbocycles. The summed E-state index contributed by atoms with van der Waals surface area (Å²) in [5, 5.41) is 0. The molecule has 1 aliphatic heterocycles. The second-order valence-corrected chi connectivity index (χ2v) is 4.47. The highest BCUT2D eigenvalue weighted by molar-refractivity contribution is 6.04. The van der Waals surface area contributed by atoms with Crippen molar-refractivity contribution in [3.8, 4) is 0 Å². The highest BCUT2D eigenvalue weighted by atomic mass is 16.2. The second-order valence-electron chi connectivity index (χ2n) is 4.47. The van der Waals surface area contributed by atoms with Crippen LogP contribution in [0.4, 0.5) is 0 Å². The number of amides is 2. The molecular weight excluding hydrogens is 190 g/mol. The van der Waals surface area contributed by atoms with Crippen LogP contribution in [0.5, 0.6) is 0 Å². The lowest BCUT2D eigenvalue weighted by molar-refractivity contribution is -0.139. The van der Waals surface area contributed by atoms with E-state index in [1.54, 1.807) is 0 Å². The van der Waals surface area contributed by atoms with Crippen LogP contribution in [0.25, 0.3) is 0 Å². The molecule has 0 aliphatic carbocycles. The third-order valence-electron chi connectivity index (χ3n) is 3.30. The van der Waals surface area contributed by atoms with Gasteiger partial charge in [0, 0.05) is 18.4 Å². The number of hydrogen-bond donors (Lipinski definition) is 0. The number of likely N-dealkylation sites (tertiary alicyclic amines) is 1. The Balaban J connectivity index is 2.41. The fourth-order valence-electron chi connectivity index (χ4n) is 1.95. The van der Waals surface area contributed by atoms with Crippen LogP contribution in [0, 0.1) is 11.8 Å². The standard InChI is InChI=1S/C12H21NO2/c1-4-5-6-7-8-13-11(14)9(2)10(3)12(13)15/h9-10H,4-8H2,1-3H3. The molecule has 0 spiro atoms. The number of rotatable bonds is 5. The highest BCUT2D eigenvalue weighted by Gasteiger charge is 2.41. The Labute approximate surface area is 91.8 Å². The van der Waals surface area contributed by atoms with Crippen molar-refractivity contribution in [3.05, 3.63) is 0 Å². The summed E-state index contributed by atoms with van der Waals surface area (Å²) in [6, 6.07) is 0. The normalized spacial score (nSPS) is 26.5. The Morgan fingerprint density at radius 1 is 1.00 bits per heavy atom. The van der Waals surface area contributed by atoms with E-state index in [0.29, 0.717) is 6.54 Å². The fraction of sp³-hybridized carbons (Fsp3) is 0.833. The monoisotopic (exact) mass is 211 g/mol. The predicted octanol–water partition coefficient (Wildman–Crippen LogP) is 2.21. The first-order valence-corrected chi connectivity index (χ1v) is 5.94. The van der Waals surface area contributed by atoms with Crippen LogP contribution >= 0.6 is 0 Å². The summed E-state index contributed by atoms with van der Waals surface area (Å²) in [6.07, 6.45) is 4.41. The molecule has 2 amide bonds. The van der Waals surface area contributed by atoms with Gasteiger partial charge in [0.05, 0.1) is 0 Å². The Morgan fingerprint density at radius 2 is 1.53 bits per heavy atom. The maximum absolute atomic E-state index is 11.7. The molecule has 0 N–H and O–H groups in total. The van der Waals surface area contributed by atoms with Crippen molar-refractivity contribution in [2.75, 3.05) is 6.54 Å². The predicted molar refractivity (Wildman–Crippen MR) is 59.2 cm³/mol. The maximum Gasteiger partial charge on any atom is 0.232 e. The first-order valence-electron chi connectivity index (χ1n) is 5.94. The maximum atomic E-state index is 11.7. The number of imide groups is 1. The van der Waals surface area contributed by atoms with Crippen LogP contribution in [-0.2, 0) is 9.59 Å². The molecule has 0 radical (unpaired) electrons. The van der Waals surface area contributed by atoms with Crippen molar-refractivity contribution < 1.29 is 9.59 Å². The molecule has 86 valence electrons.